The van der Waals surface area contributed by atoms with Gasteiger partial charge in [0.2, 0.25) is 0 Å². The van der Waals surface area contributed by atoms with E-state index in [0.717, 1.165) is 19.4 Å². The highest BCUT2D eigenvalue weighted by Crippen LogP contribution is 1.91. The molecule has 0 aromatic carbocycles. The zero-order valence-corrected chi connectivity index (χ0v) is 9.86. The highest BCUT2D eigenvalue weighted by atomic mass is 16.5. The summed E-state index contributed by atoms with van der Waals surface area (Å²) in [4.78, 5) is 0. The van der Waals surface area contributed by atoms with Crippen LogP contribution >= 0.6 is 0 Å². The molecule has 0 saturated carbocycles. The zero-order valence-electron chi connectivity index (χ0n) is 9.86. The Morgan fingerprint density at radius 2 is 1.12 bits per heavy atom. The van der Waals surface area contributed by atoms with Crippen LogP contribution in [0.25, 0.3) is 0 Å². The molecule has 0 heterocycles. The van der Waals surface area contributed by atoms with Crippen molar-refractivity contribution < 1.29 is 18.9 Å². The van der Waals surface area contributed by atoms with Gasteiger partial charge in [0.1, 0.15) is 6.61 Å². The van der Waals surface area contributed by atoms with Gasteiger partial charge in [-0.3, -0.25) is 0 Å². The lowest BCUT2D eigenvalue weighted by atomic mass is 10.3. The first-order valence-electron chi connectivity index (χ1n) is 5.52. The van der Waals surface area contributed by atoms with Crippen LogP contribution in [0.2, 0.25) is 0 Å². The number of hydrogen-bond acceptors (Lipinski definition) is 4. The normalized spacial score (nSPS) is 9.75. The molecule has 94 valence electrons. The van der Waals surface area contributed by atoms with Gasteiger partial charge < -0.3 is 18.9 Å². The van der Waals surface area contributed by atoms with Crippen molar-refractivity contribution in [2.45, 2.75) is 12.8 Å². The van der Waals surface area contributed by atoms with Crippen molar-refractivity contribution in [1.82, 2.24) is 0 Å². The van der Waals surface area contributed by atoms with Gasteiger partial charge in [-0.2, -0.15) is 0 Å². The molecule has 0 aromatic heterocycles. The second-order valence-corrected chi connectivity index (χ2v) is 3.01. The van der Waals surface area contributed by atoms with E-state index < -0.39 is 0 Å². The molecule has 0 aliphatic carbocycles. The first kappa shape index (κ1) is 15.0. The molecule has 4 nitrogen and oxygen atoms in total. The molecule has 0 rings (SSSR count). The fourth-order valence-electron chi connectivity index (χ4n) is 0.985. The van der Waals surface area contributed by atoms with E-state index >= 15 is 0 Å². The third-order valence-electron chi connectivity index (χ3n) is 1.75. The van der Waals surface area contributed by atoms with Crippen LogP contribution in [-0.2, 0) is 18.9 Å². The van der Waals surface area contributed by atoms with E-state index in [4.69, 9.17) is 18.9 Å². The molecule has 0 unspecified atom stereocenters. The second kappa shape index (κ2) is 14.0. The number of unbranched alkanes of at least 4 members (excludes halogenated alkanes) is 1. The highest BCUT2D eigenvalue weighted by molar-refractivity contribution is 4.49. The fourth-order valence-corrected chi connectivity index (χ4v) is 0.985. The quantitative estimate of drug-likeness (QED) is 0.359. The van der Waals surface area contributed by atoms with Gasteiger partial charge in [-0.25, -0.2) is 0 Å². The summed E-state index contributed by atoms with van der Waals surface area (Å²) >= 11 is 0. The minimum Gasteiger partial charge on any atom is -0.502 e. The standard InChI is InChI=1S/C12H22O4/c1-3-13-7-5-6-8-15-11-12-16-10-9-14-4-2/h3-4H,1-2,5-12H2. The van der Waals surface area contributed by atoms with E-state index in [1.54, 1.807) is 0 Å². The zero-order chi connectivity index (χ0) is 11.9. The topological polar surface area (TPSA) is 36.9 Å². The van der Waals surface area contributed by atoms with Crippen LogP contribution in [0.4, 0.5) is 0 Å². The summed E-state index contributed by atoms with van der Waals surface area (Å²) < 4.78 is 20.5. The average molecular weight is 230 g/mol. The Kier molecular flexibility index (Phi) is 13.1. The largest absolute Gasteiger partial charge is 0.502 e. The summed E-state index contributed by atoms with van der Waals surface area (Å²) in [5, 5.41) is 0. The second-order valence-electron chi connectivity index (χ2n) is 3.01. The first-order chi connectivity index (χ1) is 7.91. The van der Waals surface area contributed by atoms with E-state index in [1.165, 1.54) is 12.5 Å². The van der Waals surface area contributed by atoms with Gasteiger partial charge in [0.05, 0.1) is 39.0 Å². The van der Waals surface area contributed by atoms with Gasteiger partial charge in [-0.1, -0.05) is 13.2 Å². The van der Waals surface area contributed by atoms with Crippen LogP contribution in [0.15, 0.2) is 25.7 Å². The van der Waals surface area contributed by atoms with Crippen molar-refractivity contribution >= 4 is 0 Å². The van der Waals surface area contributed by atoms with Crippen molar-refractivity contribution in [3.8, 4) is 0 Å². The summed E-state index contributed by atoms with van der Waals surface area (Å²) in [6.45, 7) is 10.7. The molecule has 0 aliphatic heterocycles. The predicted molar refractivity (Wildman–Crippen MR) is 63.2 cm³/mol. The third kappa shape index (κ3) is 13.0. The molecule has 0 bridgehead atoms. The van der Waals surface area contributed by atoms with Crippen molar-refractivity contribution in [2.75, 3.05) is 39.6 Å². The minimum absolute atomic E-state index is 0.544. The molecule has 0 saturated heterocycles. The Labute approximate surface area is 97.8 Å². The van der Waals surface area contributed by atoms with Crippen LogP contribution in [-0.4, -0.2) is 39.6 Å². The van der Waals surface area contributed by atoms with Gasteiger partial charge in [0.25, 0.3) is 0 Å². The molecule has 0 spiro atoms. The molecular weight excluding hydrogens is 208 g/mol. The minimum atomic E-state index is 0.544. The lowest BCUT2D eigenvalue weighted by molar-refractivity contribution is 0.0289. The van der Waals surface area contributed by atoms with Crippen LogP contribution in [0.5, 0.6) is 0 Å². The number of rotatable bonds is 13. The summed E-state index contributed by atoms with van der Waals surface area (Å²) in [6.07, 6.45) is 4.85. The summed E-state index contributed by atoms with van der Waals surface area (Å²) in [6, 6.07) is 0. The Morgan fingerprint density at radius 1 is 0.625 bits per heavy atom. The maximum atomic E-state index is 5.35. The summed E-state index contributed by atoms with van der Waals surface area (Å²) in [5.41, 5.74) is 0. The Hall–Kier alpha value is -1.00. The van der Waals surface area contributed by atoms with Crippen molar-refractivity contribution in [1.29, 1.82) is 0 Å². The molecule has 0 aromatic rings. The van der Waals surface area contributed by atoms with Crippen molar-refractivity contribution in [3.63, 3.8) is 0 Å². The molecule has 0 atom stereocenters. The van der Waals surface area contributed by atoms with E-state index in [2.05, 4.69) is 13.2 Å². The fraction of sp³-hybridized carbons (Fsp3) is 0.667. The third-order valence-corrected chi connectivity index (χ3v) is 1.75. The maximum absolute atomic E-state index is 5.35. The van der Waals surface area contributed by atoms with Crippen molar-refractivity contribution in [2.24, 2.45) is 0 Å². The number of ether oxygens (including phenoxy) is 4. The van der Waals surface area contributed by atoms with Gasteiger partial charge in [0.15, 0.2) is 0 Å². The summed E-state index contributed by atoms with van der Waals surface area (Å²) in [5.74, 6) is 0. The lowest BCUT2D eigenvalue weighted by Crippen LogP contribution is -2.08. The van der Waals surface area contributed by atoms with E-state index in [0.29, 0.717) is 33.0 Å². The van der Waals surface area contributed by atoms with Gasteiger partial charge in [-0.15, -0.1) is 0 Å². The van der Waals surface area contributed by atoms with Crippen LogP contribution in [0.1, 0.15) is 12.8 Å². The van der Waals surface area contributed by atoms with Crippen molar-refractivity contribution in [3.05, 3.63) is 25.7 Å². The SMILES string of the molecule is C=COCCCCOCCOCCOC=C. The van der Waals surface area contributed by atoms with Crippen LogP contribution in [0, 0.1) is 0 Å². The van der Waals surface area contributed by atoms with Gasteiger partial charge >= 0.3 is 0 Å². The molecule has 0 amide bonds. The molecule has 0 aliphatic rings. The molecule has 0 fully saturated rings. The van der Waals surface area contributed by atoms with E-state index in [1.807, 2.05) is 0 Å². The Bertz CT molecular complexity index is 141. The molecule has 16 heavy (non-hydrogen) atoms. The molecule has 4 heteroatoms. The molecule has 0 N–H and O–H groups in total. The number of hydrogen-bond donors (Lipinski definition) is 0. The molecule has 0 radical (unpaired) electrons. The van der Waals surface area contributed by atoms with Crippen LogP contribution < -0.4 is 0 Å². The highest BCUT2D eigenvalue weighted by Gasteiger charge is 1.91. The smallest absolute Gasteiger partial charge is 0.111 e. The maximum Gasteiger partial charge on any atom is 0.111 e. The Morgan fingerprint density at radius 3 is 1.81 bits per heavy atom. The van der Waals surface area contributed by atoms with E-state index in [-0.39, 0.29) is 0 Å². The van der Waals surface area contributed by atoms with Gasteiger partial charge in [-0.05, 0) is 12.8 Å². The first-order valence-corrected chi connectivity index (χ1v) is 5.52. The monoisotopic (exact) mass is 230 g/mol. The lowest BCUT2D eigenvalue weighted by Gasteiger charge is -2.05. The summed E-state index contributed by atoms with van der Waals surface area (Å²) in [7, 11) is 0. The Balaban J connectivity index is 2.87. The average Bonchev–Trinajstić information content (AvgIpc) is 2.31. The predicted octanol–water partition coefficient (Wildman–Crippen LogP) is 2.12. The molecular formula is C12H22O4. The van der Waals surface area contributed by atoms with Gasteiger partial charge in [0, 0.05) is 6.61 Å². The van der Waals surface area contributed by atoms with E-state index in [9.17, 15) is 0 Å². The van der Waals surface area contributed by atoms with Crippen LogP contribution in [0.3, 0.4) is 0 Å².